The molecule has 0 saturated carbocycles. The van der Waals surface area contributed by atoms with Crippen LogP contribution in [0, 0.1) is 0 Å². The molecule has 0 bridgehead atoms. The van der Waals surface area contributed by atoms with Crippen LogP contribution in [0.5, 0.6) is 0 Å². The van der Waals surface area contributed by atoms with Crippen LogP contribution in [0.3, 0.4) is 0 Å². The van der Waals surface area contributed by atoms with Crippen LogP contribution in [0.1, 0.15) is 20.7 Å². The topological polar surface area (TPSA) is 98.7 Å². The highest BCUT2D eigenvalue weighted by molar-refractivity contribution is 6.63. The molecule has 134 valence electrons. The molecule has 0 atom stereocenters. The highest BCUT2D eigenvalue weighted by atomic mass is 16.4. The van der Waals surface area contributed by atoms with E-state index in [1.54, 1.807) is 66.7 Å². The first-order valence-electron chi connectivity index (χ1n) is 8.28. The van der Waals surface area contributed by atoms with E-state index in [9.17, 15) is 19.6 Å². The van der Waals surface area contributed by atoms with Crippen molar-refractivity contribution in [1.82, 2.24) is 0 Å². The lowest BCUT2D eigenvalue weighted by atomic mass is 9.77. The molecule has 0 aliphatic carbocycles. The van der Waals surface area contributed by atoms with Crippen molar-refractivity contribution >= 4 is 35.8 Å². The Morgan fingerprint density at radius 2 is 1.04 bits per heavy atom. The minimum atomic E-state index is -1.89. The van der Waals surface area contributed by atoms with Crippen LogP contribution in [-0.4, -0.2) is 29.0 Å². The van der Waals surface area contributed by atoms with Crippen LogP contribution in [-0.2, 0) is 0 Å². The molecule has 27 heavy (non-hydrogen) atoms. The van der Waals surface area contributed by atoms with E-state index in [1.165, 1.54) is 12.1 Å². The average molecular weight is 360 g/mol. The number of carbonyl (C=O) groups is 2. The van der Waals surface area contributed by atoms with Gasteiger partial charge in [0.25, 0.3) is 11.8 Å². The quantitative estimate of drug-likeness (QED) is 0.522. The summed E-state index contributed by atoms with van der Waals surface area (Å²) in [7, 11) is -1.89. The fourth-order valence-corrected chi connectivity index (χ4v) is 2.63. The van der Waals surface area contributed by atoms with Crippen LogP contribution < -0.4 is 16.1 Å². The van der Waals surface area contributed by atoms with Crippen LogP contribution >= 0.6 is 0 Å². The molecule has 0 heterocycles. The Labute approximate surface area is 156 Å². The molecule has 3 rings (SSSR count). The Morgan fingerprint density at radius 3 is 1.41 bits per heavy atom. The Balaban J connectivity index is 1.89. The number of rotatable bonds is 5. The lowest BCUT2D eigenvalue weighted by molar-refractivity contribution is 0.101. The Hall–Kier alpha value is -3.42. The lowest BCUT2D eigenvalue weighted by Crippen LogP contribution is -2.36. The highest BCUT2D eigenvalue weighted by Crippen LogP contribution is 2.16. The maximum absolute atomic E-state index is 12.4. The largest absolute Gasteiger partial charge is 0.492 e. The minimum Gasteiger partial charge on any atom is -0.423 e. The summed E-state index contributed by atoms with van der Waals surface area (Å²) in [5.41, 5.74) is 1.25. The molecule has 0 saturated heterocycles. The first-order valence-corrected chi connectivity index (χ1v) is 8.28. The molecular formula is C20H17BN2O4. The summed E-state index contributed by atoms with van der Waals surface area (Å²) >= 11 is 0. The summed E-state index contributed by atoms with van der Waals surface area (Å²) < 4.78 is 0. The molecule has 0 aliphatic heterocycles. The molecule has 3 aromatic rings. The zero-order valence-electron chi connectivity index (χ0n) is 14.3. The maximum atomic E-state index is 12.4. The van der Waals surface area contributed by atoms with Gasteiger partial charge in [0.15, 0.2) is 0 Å². The maximum Gasteiger partial charge on any atom is 0.492 e. The molecule has 7 heteroatoms. The molecule has 3 aromatic carbocycles. The van der Waals surface area contributed by atoms with Gasteiger partial charge in [-0.2, -0.15) is 0 Å². The smallest absolute Gasteiger partial charge is 0.423 e. The van der Waals surface area contributed by atoms with E-state index < -0.39 is 18.9 Å². The Bertz CT molecular complexity index is 875. The van der Waals surface area contributed by atoms with Crippen molar-refractivity contribution < 1.29 is 19.6 Å². The Kier molecular flexibility index (Phi) is 5.66. The molecule has 0 spiro atoms. The zero-order valence-corrected chi connectivity index (χ0v) is 14.3. The fraction of sp³-hybridized carbons (Fsp3) is 0. The molecule has 0 aliphatic rings. The van der Waals surface area contributed by atoms with Crippen LogP contribution in [0.4, 0.5) is 11.4 Å². The minimum absolute atomic E-state index is 0.00561. The summed E-state index contributed by atoms with van der Waals surface area (Å²) in [4.78, 5) is 24.8. The van der Waals surface area contributed by atoms with Gasteiger partial charge in [-0.1, -0.05) is 42.5 Å². The van der Waals surface area contributed by atoms with E-state index in [0.717, 1.165) is 0 Å². The Morgan fingerprint density at radius 1 is 0.630 bits per heavy atom. The molecule has 6 nitrogen and oxygen atoms in total. The number of benzene rings is 3. The molecule has 2 amide bonds. The second-order valence-corrected chi connectivity index (χ2v) is 5.78. The van der Waals surface area contributed by atoms with Gasteiger partial charge < -0.3 is 20.7 Å². The number of amides is 2. The summed E-state index contributed by atoms with van der Waals surface area (Å²) in [5, 5.41) is 24.9. The normalized spacial score (nSPS) is 10.1. The van der Waals surface area contributed by atoms with E-state index >= 15 is 0 Å². The van der Waals surface area contributed by atoms with E-state index in [0.29, 0.717) is 11.1 Å². The van der Waals surface area contributed by atoms with Crippen molar-refractivity contribution in [2.75, 3.05) is 10.6 Å². The SMILES string of the molecule is O=C(Nc1cccc(NC(=O)c2ccccc2)c1B(O)O)c1ccccc1. The third kappa shape index (κ3) is 4.41. The number of hydrogen-bond donors (Lipinski definition) is 4. The third-order valence-electron chi connectivity index (χ3n) is 3.93. The number of hydrogen-bond acceptors (Lipinski definition) is 4. The van der Waals surface area contributed by atoms with Crippen LogP contribution in [0.2, 0.25) is 0 Å². The fourth-order valence-electron chi connectivity index (χ4n) is 2.63. The number of carbonyl (C=O) groups excluding carboxylic acids is 2. The van der Waals surface area contributed by atoms with Gasteiger partial charge in [-0.25, -0.2) is 0 Å². The second-order valence-electron chi connectivity index (χ2n) is 5.78. The van der Waals surface area contributed by atoms with E-state index in [-0.39, 0.29) is 16.8 Å². The van der Waals surface area contributed by atoms with Gasteiger partial charge in [0, 0.05) is 28.0 Å². The first-order chi connectivity index (χ1) is 13.1. The van der Waals surface area contributed by atoms with Gasteiger partial charge in [-0.05, 0) is 36.4 Å². The van der Waals surface area contributed by atoms with Gasteiger partial charge in [0.1, 0.15) is 0 Å². The van der Waals surface area contributed by atoms with Crippen LogP contribution in [0.15, 0.2) is 78.9 Å². The summed E-state index contributed by atoms with van der Waals surface area (Å²) in [5.74, 6) is -0.798. The summed E-state index contributed by atoms with van der Waals surface area (Å²) in [6.45, 7) is 0. The van der Waals surface area contributed by atoms with Crippen molar-refractivity contribution in [2.45, 2.75) is 0 Å². The van der Waals surface area contributed by atoms with Crippen molar-refractivity contribution in [3.8, 4) is 0 Å². The monoisotopic (exact) mass is 360 g/mol. The van der Waals surface area contributed by atoms with E-state index in [2.05, 4.69) is 10.6 Å². The number of nitrogens with one attached hydrogen (secondary N) is 2. The molecule has 0 unspecified atom stereocenters. The van der Waals surface area contributed by atoms with Crippen molar-refractivity contribution in [3.05, 3.63) is 90.0 Å². The number of anilines is 2. The van der Waals surface area contributed by atoms with Gasteiger partial charge in [0.2, 0.25) is 0 Å². The molecular weight excluding hydrogens is 343 g/mol. The summed E-state index contributed by atoms with van der Waals surface area (Å²) in [6.07, 6.45) is 0. The molecule has 0 radical (unpaired) electrons. The predicted molar refractivity (Wildman–Crippen MR) is 105 cm³/mol. The highest BCUT2D eigenvalue weighted by Gasteiger charge is 2.23. The standard InChI is InChI=1S/C20H17BN2O4/c24-19(14-8-3-1-4-9-14)22-16-12-7-13-17(18(16)21(26)27)23-20(25)15-10-5-2-6-11-15/h1-13,26-27H,(H,22,24)(H,23,25). The van der Waals surface area contributed by atoms with E-state index in [4.69, 9.17) is 0 Å². The van der Waals surface area contributed by atoms with Crippen molar-refractivity contribution in [3.63, 3.8) is 0 Å². The molecule has 4 N–H and O–H groups in total. The first kappa shape index (κ1) is 18.4. The third-order valence-corrected chi connectivity index (χ3v) is 3.93. The average Bonchev–Trinajstić information content (AvgIpc) is 2.69. The van der Waals surface area contributed by atoms with Gasteiger partial charge in [-0.15, -0.1) is 0 Å². The zero-order chi connectivity index (χ0) is 19.2. The second kappa shape index (κ2) is 8.31. The van der Waals surface area contributed by atoms with Gasteiger partial charge in [-0.3, -0.25) is 9.59 Å². The predicted octanol–water partition coefficient (Wildman–Crippen LogP) is 1.87. The molecule has 0 aromatic heterocycles. The van der Waals surface area contributed by atoms with Crippen molar-refractivity contribution in [2.24, 2.45) is 0 Å². The van der Waals surface area contributed by atoms with Crippen molar-refractivity contribution in [1.29, 1.82) is 0 Å². The van der Waals surface area contributed by atoms with Gasteiger partial charge in [0.05, 0.1) is 0 Å². The summed E-state index contributed by atoms with van der Waals surface area (Å²) in [6, 6.07) is 21.8. The van der Waals surface area contributed by atoms with Crippen LogP contribution in [0.25, 0.3) is 0 Å². The molecule has 0 fully saturated rings. The van der Waals surface area contributed by atoms with E-state index in [1.807, 2.05) is 0 Å². The lowest BCUT2D eigenvalue weighted by Gasteiger charge is -2.16. The van der Waals surface area contributed by atoms with Gasteiger partial charge >= 0.3 is 7.12 Å².